The summed E-state index contributed by atoms with van der Waals surface area (Å²) in [5, 5.41) is 8.93. The fraction of sp³-hybridized carbons (Fsp3) is 0.429. The first kappa shape index (κ1) is 13.8. The van der Waals surface area contributed by atoms with E-state index in [4.69, 9.17) is 11.6 Å². The second-order valence-electron chi connectivity index (χ2n) is 5.05. The van der Waals surface area contributed by atoms with Gasteiger partial charge in [-0.15, -0.1) is 10.2 Å². The highest BCUT2D eigenvalue weighted by Crippen LogP contribution is 2.20. The van der Waals surface area contributed by atoms with E-state index < -0.39 is 0 Å². The summed E-state index contributed by atoms with van der Waals surface area (Å²) in [6, 6.07) is 8.70. The van der Waals surface area contributed by atoms with Gasteiger partial charge in [-0.3, -0.25) is 4.90 Å². The third kappa shape index (κ3) is 3.29. The van der Waals surface area contributed by atoms with Gasteiger partial charge in [0, 0.05) is 31.9 Å². The van der Waals surface area contributed by atoms with E-state index in [1.54, 1.807) is 0 Å². The van der Waals surface area contributed by atoms with Crippen molar-refractivity contribution >= 4 is 28.6 Å². The predicted octanol–water partition coefficient (Wildman–Crippen LogP) is 2.82. The first-order valence-electron chi connectivity index (χ1n) is 6.72. The van der Waals surface area contributed by atoms with Crippen LogP contribution in [-0.2, 0) is 6.54 Å². The molecule has 1 aliphatic rings. The molecule has 0 bridgehead atoms. The van der Waals surface area contributed by atoms with Gasteiger partial charge < -0.3 is 4.90 Å². The summed E-state index contributed by atoms with van der Waals surface area (Å²) in [6.07, 6.45) is 0. The van der Waals surface area contributed by atoms with Crippen LogP contribution in [0.3, 0.4) is 0 Å². The lowest BCUT2D eigenvalue weighted by molar-refractivity contribution is 0.249. The van der Waals surface area contributed by atoms with Crippen LogP contribution in [0, 0.1) is 6.92 Å². The van der Waals surface area contributed by atoms with Gasteiger partial charge in [0.05, 0.1) is 6.54 Å². The molecule has 1 aromatic carbocycles. The van der Waals surface area contributed by atoms with Gasteiger partial charge in [0.15, 0.2) is 0 Å². The standard InChI is InChI=1S/C14H17ClN4S/c1-11-3-2-4-12(9-11)19-7-5-18(6-8-19)10-13-16-17-14(15)20-13/h2-4,9H,5-8,10H2,1H3. The summed E-state index contributed by atoms with van der Waals surface area (Å²) in [5.41, 5.74) is 2.64. The molecule has 0 saturated carbocycles. The topological polar surface area (TPSA) is 32.3 Å². The van der Waals surface area contributed by atoms with Gasteiger partial charge in [-0.05, 0) is 36.2 Å². The SMILES string of the molecule is Cc1cccc(N2CCN(Cc3nnc(Cl)s3)CC2)c1. The summed E-state index contributed by atoms with van der Waals surface area (Å²) < 4.78 is 0.526. The van der Waals surface area contributed by atoms with E-state index in [0.717, 1.165) is 37.7 Å². The van der Waals surface area contributed by atoms with Crippen LogP contribution in [0.2, 0.25) is 4.47 Å². The van der Waals surface area contributed by atoms with E-state index in [2.05, 4.69) is 51.2 Å². The van der Waals surface area contributed by atoms with Crippen molar-refractivity contribution in [2.45, 2.75) is 13.5 Å². The molecule has 1 saturated heterocycles. The molecular formula is C14H17ClN4S. The minimum Gasteiger partial charge on any atom is -0.369 e. The number of rotatable bonds is 3. The van der Waals surface area contributed by atoms with E-state index >= 15 is 0 Å². The van der Waals surface area contributed by atoms with Crippen LogP contribution in [0.4, 0.5) is 5.69 Å². The molecule has 1 aliphatic heterocycles. The maximum Gasteiger partial charge on any atom is 0.207 e. The number of hydrogen-bond donors (Lipinski definition) is 0. The Hall–Kier alpha value is -1.17. The van der Waals surface area contributed by atoms with E-state index in [9.17, 15) is 0 Å². The number of halogens is 1. The number of benzene rings is 1. The number of anilines is 1. The molecule has 0 spiro atoms. The number of hydrogen-bond acceptors (Lipinski definition) is 5. The van der Waals surface area contributed by atoms with Crippen LogP contribution in [-0.4, -0.2) is 41.3 Å². The highest BCUT2D eigenvalue weighted by atomic mass is 35.5. The summed E-state index contributed by atoms with van der Waals surface area (Å²) >= 11 is 7.28. The van der Waals surface area contributed by atoms with E-state index in [-0.39, 0.29) is 0 Å². The third-order valence-electron chi connectivity index (χ3n) is 3.54. The molecule has 0 radical (unpaired) electrons. The Bertz CT molecular complexity index is 578. The molecule has 0 unspecified atom stereocenters. The molecule has 0 atom stereocenters. The molecule has 106 valence electrons. The predicted molar refractivity (Wildman–Crippen MR) is 83.6 cm³/mol. The van der Waals surface area contributed by atoms with Crippen LogP contribution in [0.25, 0.3) is 0 Å². The normalized spacial score (nSPS) is 16.6. The zero-order valence-corrected chi connectivity index (χ0v) is 13.0. The zero-order chi connectivity index (χ0) is 13.9. The van der Waals surface area contributed by atoms with Crippen molar-refractivity contribution in [2.24, 2.45) is 0 Å². The third-order valence-corrected chi connectivity index (χ3v) is 4.54. The lowest BCUT2D eigenvalue weighted by Gasteiger charge is -2.35. The highest BCUT2D eigenvalue weighted by Gasteiger charge is 2.18. The molecule has 0 amide bonds. The molecule has 1 fully saturated rings. The van der Waals surface area contributed by atoms with E-state index in [0.29, 0.717) is 4.47 Å². The number of piperazine rings is 1. The molecule has 0 aliphatic carbocycles. The molecule has 1 aromatic heterocycles. The Morgan fingerprint density at radius 2 is 2.00 bits per heavy atom. The van der Waals surface area contributed by atoms with Crippen molar-refractivity contribution in [2.75, 3.05) is 31.1 Å². The van der Waals surface area contributed by atoms with Crippen molar-refractivity contribution in [3.8, 4) is 0 Å². The quantitative estimate of drug-likeness (QED) is 0.873. The Morgan fingerprint density at radius 3 is 2.65 bits per heavy atom. The minimum atomic E-state index is 0.526. The van der Waals surface area contributed by atoms with Gasteiger partial charge in [-0.2, -0.15) is 0 Å². The van der Waals surface area contributed by atoms with Gasteiger partial charge in [0.2, 0.25) is 4.47 Å². The van der Waals surface area contributed by atoms with Gasteiger partial charge >= 0.3 is 0 Å². The van der Waals surface area contributed by atoms with Crippen molar-refractivity contribution in [1.29, 1.82) is 0 Å². The lowest BCUT2D eigenvalue weighted by atomic mass is 10.2. The highest BCUT2D eigenvalue weighted by molar-refractivity contribution is 7.15. The van der Waals surface area contributed by atoms with Crippen LogP contribution in [0.15, 0.2) is 24.3 Å². The largest absolute Gasteiger partial charge is 0.369 e. The number of aryl methyl sites for hydroxylation is 1. The lowest BCUT2D eigenvalue weighted by Crippen LogP contribution is -2.45. The van der Waals surface area contributed by atoms with E-state index in [1.807, 2.05) is 0 Å². The van der Waals surface area contributed by atoms with Gasteiger partial charge in [-0.1, -0.05) is 23.5 Å². The maximum absolute atomic E-state index is 5.81. The van der Waals surface area contributed by atoms with Crippen molar-refractivity contribution < 1.29 is 0 Å². The maximum atomic E-state index is 5.81. The summed E-state index contributed by atoms with van der Waals surface area (Å²) in [6.45, 7) is 7.19. The van der Waals surface area contributed by atoms with Gasteiger partial charge in [-0.25, -0.2) is 0 Å². The van der Waals surface area contributed by atoms with E-state index in [1.165, 1.54) is 22.6 Å². The summed E-state index contributed by atoms with van der Waals surface area (Å²) in [7, 11) is 0. The molecule has 0 N–H and O–H groups in total. The Balaban J connectivity index is 1.57. The fourth-order valence-corrected chi connectivity index (χ4v) is 3.39. The van der Waals surface area contributed by atoms with Crippen molar-refractivity contribution in [3.63, 3.8) is 0 Å². The summed E-state index contributed by atoms with van der Waals surface area (Å²) in [5.74, 6) is 0. The van der Waals surface area contributed by atoms with Crippen molar-refractivity contribution in [1.82, 2.24) is 15.1 Å². The van der Waals surface area contributed by atoms with Gasteiger partial charge in [0.1, 0.15) is 5.01 Å². The second kappa shape index (κ2) is 6.08. The minimum absolute atomic E-state index is 0.526. The monoisotopic (exact) mass is 308 g/mol. The fourth-order valence-electron chi connectivity index (χ4n) is 2.48. The smallest absolute Gasteiger partial charge is 0.207 e. The molecular weight excluding hydrogens is 292 g/mol. The molecule has 4 nitrogen and oxygen atoms in total. The summed E-state index contributed by atoms with van der Waals surface area (Å²) in [4.78, 5) is 4.85. The number of nitrogens with zero attached hydrogens (tertiary/aromatic N) is 4. The molecule has 2 aromatic rings. The van der Waals surface area contributed by atoms with Gasteiger partial charge in [0.25, 0.3) is 0 Å². The average molecular weight is 309 g/mol. The average Bonchev–Trinajstić information content (AvgIpc) is 2.85. The molecule has 3 rings (SSSR count). The molecule has 6 heteroatoms. The molecule has 2 heterocycles. The Labute approximate surface area is 128 Å². The van der Waals surface area contributed by atoms with Crippen LogP contribution in [0.1, 0.15) is 10.6 Å². The van der Waals surface area contributed by atoms with Crippen LogP contribution >= 0.6 is 22.9 Å². The Morgan fingerprint density at radius 1 is 1.20 bits per heavy atom. The number of aromatic nitrogens is 2. The van der Waals surface area contributed by atoms with Crippen LogP contribution < -0.4 is 4.90 Å². The first-order chi connectivity index (χ1) is 9.70. The zero-order valence-electron chi connectivity index (χ0n) is 11.4. The van der Waals surface area contributed by atoms with Crippen molar-refractivity contribution in [3.05, 3.63) is 39.3 Å². The second-order valence-corrected chi connectivity index (χ2v) is 6.70. The van der Waals surface area contributed by atoms with Crippen LogP contribution in [0.5, 0.6) is 0 Å². The Kier molecular flexibility index (Phi) is 4.19. The molecule has 20 heavy (non-hydrogen) atoms. The first-order valence-corrected chi connectivity index (χ1v) is 7.92.